The van der Waals surface area contributed by atoms with E-state index in [2.05, 4.69) is 20.3 Å². The van der Waals surface area contributed by atoms with Crippen LogP contribution in [0.4, 0.5) is 16.2 Å². The zero-order chi connectivity index (χ0) is 25.9. The standard InChI is InChI=1S/C26H30N6O3S/c1-18(16-31(2)3)28-26(33)29-21-11-8-19(9-12-21)20-10-13-24-25(14-20)32(17-27-24)23-7-5-6-22(15-23)30-36(4,34)35/h5-15,17-18,30H,16H2,1-4H3,(H2,28,29,33). The molecule has 0 saturated carbocycles. The molecule has 0 fully saturated rings. The number of nitrogens with one attached hydrogen (secondary N) is 3. The molecule has 1 atom stereocenters. The molecule has 0 saturated heterocycles. The van der Waals surface area contributed by atoms with Gasteiger partial charge in [0.15, 0.2) is 0 Å². The first-order valence-electron chi connectivity index (χ1n) is 11.5. The number of nitrogens with zero attached hydrogens (tertiary/aromatic N) is 3. The predicted molar refractivity (Wildman–Crippen MR) is 145 cm³/mol. The fourth-order valence-electron chi connectivity index (χ4n) is 4.06. The smallest absolute Gasteiger partial charge is 0.319 e. The first kappa shape index (κ1) is 25.2. The second kappa shape index (κ2) is 10.4. The molecular formula is C26H30N6O3S. The number of carbonyl (C=O) groups excluding carboxylic acids is 1. The van der Waals surface area contributed by atoms with E-state index < -0.39 is 10.0 Å². The second-order valence-electron chi connectivity index (χ2n) is 9.08. The van der Waals surface area contributed by atoms with Crippen molar-refractivity contribution in [2.75, 3.05) is 36.9 Å². The Kier molecular flexibility index (Phi) is 7.27. The molecule has 9 nitrogen and oxygen atoms in total. The number of imidazole rings is 1. The number of sulfonamides is 1. The molecule has 0 aliphatic heterocycles. The van der Waals surface area contributed by atoms with Crippen molar-refractivity contribution in [1.82, 2.24) is 19.8 Å². The Balaban J connectivity index is 1.54. The van der Waals surface area contributed by atoms with Gasteiger partial charge in [0.2, 0.25) is 10.0 Å². The molecule has 3 aromatic carbocycles. The quantitative estimate of drug-likeness (QED) is 0.333. The summed E-state index contributed by atoms with van der Waals surface area (Å²) in [7, 11) is 0.552. The number of urea groups is 1. The lowest BCUT2D eigenvalue weighted by Gasteiger charge is -2.18. The van der Waals surface area contributed by atoms with Crippen LogP contribution in [0.2, 0.25) is 0 Å². The molecule has 4 rings (SSSR count). The summed E-state index contributed by atoms with van der Waals surface area (Å²) in [4.78, 5) is 18.8. The Bertz CT molecular complexity index is 1480. The molecule has 0 radical (unpaired) electrons. The number of hydrogen-bond acceptors (Lipinski definition) is 5. The third kappa shape index (κ3) is 6.41. The highest BCUT2D eigenvalue weighted by Crippen LogP contribution is 2.27. The van der Waals surface area contributed by atoms with E-state index in [0.717, 1.165) is 40.6 Å². The normalized spacial score (nSPS) is 12.5. The lowest BCUT2D eigenvalue weighted by atomic mass is 10.0. The van der Waals surface area contributed by atoms with Gasteiger partial charge in [-0.25, -0.2) is 18.2 Å². The number of amides is 2. The van der Waals surface area contributed by atoms with Crippen molar-refractivity contribution in [1.29, 1.82) is 0 Å². The van der Waals surface area contributed by atoms with E-state index in [9.17, 15) is 13.2 Å². The second-order valence-corrected chi connectivity index (χ2v) is 10.8. The summed E-state index contributed by atoms with van der Waals surface area (Å²) in [5, 5.41) is 5.79. The van der Waals surface area contributed by atoms with E-state index >= 15 is 0 Å². The van der Waals surface area contributed by atoms with Crippen LogP contribution in [0.1, 0.15) is 6.92 Å². The molecule has 4 aromatic rings. The number of benzene rings is 3. The third-order valence-corrected chi connectivity index (χ3v) is 6.07. The summed E-state index contributed by atoms with van der Waals surface area (Å²) in [6, 6.07) is 20.6. The van der Waals surface area contributed by atoms with Crippen LogP contribution in [0.15, 0.2) is 73.1 Å². The van der Waals surface area contributed by atoms with Gasteiger partial charge in [0.25, 0.3) is 0 Å². The summed E-state index contributed by atoms with van der Waals surface area (Å²) in [6.07, 6.45) is 2.84. The zero-order valence-electron chi connectivity index (χ0n) is 20.7. The van der Waals surface area contributed by atoms with Crippen molar-refractivity contribution >= 4 is 38.5 Å². The molecule has 0 spiro atoms. The highest BCUT2D eigenvalue weighted by Gasteiger charge is 2.11. The largest absolute Gasteiger partial charge is 0.334 e. The molecule has 188 valence electrons. The van der Waals surface area contributed by atoms with Crippen LogP contribution in [0.5, 0.6) is 0 Å². The highest BCUT2D eigenvalue weighted by molar-refractivity contribution is 7.92. The SMILES string of the molecule is CC(CN(C)C)NC(=O)Nc1ccc(-c2ccc3ncn(-c4cccc(NS(C)(=O)=O)c4)c3c2)cc1. The summed E-state index contributed by atoms with van der Waals surface area (Å²) in [6.45, 7) is 2.71. The monoisotopic (exact) mass is 506 g/mol. The van der Waals surface area contributed by atoms with E-state index in [-0.39, 0.29) is 12.1 Å². The lowest BCUT2D eigenvalue weighted by Crippen LogP contribution is -2.41. The molecule has 0 aliphatic carbocycles. The molecule has 3 N–H and O–H groups in total. The maximum Gasteiger partial charge on any atom is 0.319 e. The minimum Gasteiger partial charge on any atom is -0.334 e. The zero-order valence-corrected chi connectivity index (χ0v) is 21.5. The third-order valence-electron chi connectivity index (χ3n) is 5.47. The average Bonchev–Trinajstić information content (AvgIpc) is 3.21. The summed E-state index contributed by atoms with van der Waals surface area (Å²) in [5.41, 5.74) is 5.67. The van der Waals surface area contributed by atoms with Gasteiger partial charge in [0.1, 0.15) is 6.33 Å². The van der Waals surface area contributed by atoms with Gasteiger partial charge >= 0.3 is 6.03 Å². The Morgan fingerprint density at radius 2 is 1.72 bits per heavy atom. The van der Waals surface area contributed by atoms with Gasteiger partial charge in [-0.05, 0) is 74.6 Å². The topological polar surface area (TPSA) is 108 Å². The van der Waals surface area contributed by atoms with Gasteiger partial charge in [-0.3, -0.25) is 9.29 Å². The fourth-order valence-corrected chi connectivity index (χ4v) is 4.61. The van der Waals surface area contributed by atoms with Gasteiger partial charge in [0.05, 0.1) is 23.0 Å². The van der Waals surface area contributed by atoms with Crippen LogP contribution in [-0.2, 0) is 10.0 Å². The molecule has 1 unspecified atom stereocenters. The van der Waals surface area contributed by atoms with Crippen molar-refractivity contribution in [3.05, 3.63) is 73.1 Å². The van der Waals surface area contributed by atoms with E-state index in [4.69, 9.17) is 0 Å². The van der Waals surface area contributed by atoms with Crippen molar-refractivity contribution in [3.63, 3.8) is 0 Å². The molecule has 0 bridgehead atoms. The Morgan fingerprint density at radius 1 is 1.00 bits per heavy atom. The highest BCUT2D eigenvalue weighted by atomic mass is 32.2. The van der Waals surface area contributed by atoms with E-state index in [1.807, 2.05) is 79.0 Å². The Labute approximate surface area is 211 Å². The first-order valence-corrected chi connectivity index (χ1v) is 13.3. The molecule has 0 aliphatic rings. The van der Waals surface area contributed by atoms with Gasteiger partial charge in [-0.2, -0.15) is 0 Å². The van der Waals surface area contributed by atoms with Crippen LogP contribution in [0.25, 0.3) is 27.8 Å². The van der Waals surface area contributed by atoms with E-state index in [1.54, 1.807) is 24.5 Å². The number of aromatic nitrogens is 2. The molecule has 36 heavy (non-hydrogen) atoms. The van der Waals surface area contributed by atoms with Gasteiger partial charge in [-0.15, -0.1) is 0 Å². The van der Waals surface area contributed by atoms with Crippen LogP contribution >= 0.6 is 0 Å². The Morgan fingerprint density at radius 3 is 2.42 bits per heavy atom. The summed E-state index contributed by atoms with van der Waals surface area (Å²) in [5.74, 6) is 0. The molecule has 1 heterocycles. The number of carbonyl (C=O) groups is 1. The number of hydrogen-bond donors (Lipinski definition) is 3. The van der Waals surface area contributed by atoms with Gasteiger partial charge in [0, 0.05) is 24.0 Å². The van der Waals surface area contributed by atoms with E-state index in [0.29, 0.717) is 11.4 Å². The molecule has 10 heteroatoms. The number of fused-ring (bicyclic) bond motifs is 1. The molecule has 2 amide bonds. The maximum atomic E-state index is 12.3. The minimum absolute atomic E-state index is 0.0266. The van der Waals surface area contributed by atoms with Crippen molar-refractivity contribution in [3.8, 4) is 16.8 Å². The van der Waals surface area contributed by atoms with Gasteiger partial charge < -0.3 is 15.5 Å². The molecular weight excluding hydrogens is 476 g/mol. The van der Waals surface area contributed by atoms with Crippen molar-refractivity contribution in [2.45, 2.75) is 13.0 Å². The number of likely N-dealkylation sites (N-methyl/N-ethyl adjacent to an activating group) is 1. The van der Waals surface area contributed by atoms with Gasteiger partial charge in [-0.1, -0.05) is 24.3 Å². The summed E-state index contributed by atoms with van der Waals surface area (Å²) >= 11 is 0. The van der Waals surface area contributed by atoms with Crippen LogP contribution in [-0.4, -0.2) is 61.8 Å². The fraction of sp³-hybridized carbons (Fsp3) is 0.231. The Hall–Kier alpha value is -3.89. The number of anilines is 2. The van der Waals surface area contributed by atoms with Crippen molar-refractivity contribution < 1.29 is 13.2 Å². The first-order chi connectivity index (χ1) is 17.1. The number of rotatable bonds is 8. The van der Waals surface area contributed by atoms with Crippen LogP contribution in [0, 0.1) is 0 Å². The van der Waals surface area contributed by atoms with Crippen LogP contribution in [0.3, 0.4) is 0 Å². The lowest BCUT2D eigenvalue weighted by molar-refractivity contribution is 0.245. The summed E-state index contributed by atoms with van der Waals surface area (Å²) < 4.78 is 27.7. The van der Waals surface area contributed by atoms with Crippen LogP contribution < -0.4 is 15.4 Å². The van der Waals surface area contributed by atoms with E-state index in [1.165, 1.54) is 0 Å². The predicted octanol–water partition coefficient (Wildman–Crippen LogP) is 4.14. The van der Waals surface area contributed by atoms with Crippen molar-refractivity contribution in [2.24, 2.45) is 0 Å². The average molecular weight is 507 g/mol. The maximum absolute atomic E-state index is 12.3. The molecule has 1 aromatic heterocycles. The minimum atomic E-state index is -3.38.